The van der Waals surface area contributed by atoms with Crippen LogP contribution in [0.5, 0.6) is 0 Å². The lowest BCUT2D eigenvalue weighted by molar-refractivity contribution is 0.403. The molecule has 8 rings (SSSR count). The number of rotatable bonds is 5. The fourth-order valence-corrected chi connectivity index (χ4v) is 7.93. The van der Waals surface area contributed by atoms with Gasteiger partial charge in [-0.15, -0.1) is 0 Å². The molecule has 6 aromatic rings. The second-order valence-corrected chi connectivity index (χ2v) is 14.3. The molecule has 47 heavy (non-hydrogen) atoms. The summed E-state index contributed by atoms with van der Waals surface area (Å²) in [5.74, 6) is 2.18. The molecule has 0 amide bonds. The molecule has 0 saturated heterocycles. The molecule has 230 valence electrons. The molecule has 3 nitrogen and oxygen atoms in total. The molecule has 0 fully saturated rings. The Hall–Kier alpha value is -5.15. The van der Waals surface area contributed by atoms with E-state index < -0.39 is 0 Å². The van der Waals surface area contributed by atoms with Crippen LogP contribution in [0.3, 0.4) is 0 Å². The van der Waals surface area contributed by atoms with E-state index in [0.717, 1.165) is 58.7 Å². The quantitative estimate of drug-likeness (QED) is 0.195. The first-order chi connectivity index (χ1) is 22.8. The molecule has 0 atom stereocenters. The van der Waals surface area contributed by atoms with Gasteiger partial charge in [-0.2, -0.15) is 0 Å². The Balaban J connectivity index is 1.34. The summed E-state index contributed by atoms with van der Waals surface area (Å²) in [5, 5.41) is 2.48. The summed E-state index contributed by atoms with van der Waals surface area (Å²) in [4.78, 5) is 15.6. The molecular formula is C44H39N3. The van der Waals surface area contributed by atoms with Crippen molar-refractivity contribution in [1.29, 1.82) is 0 Å². The number of fused-ring (bicyclic) bond motifs is 2. The van der Waals surface area contributed by atoms with Crippen LogP contribution in [0.2, 0.25) is 0 Å². The van der Waals surface area contributed by atoms with Gasteiger partial charge in [-0.1, -0.05) is 137 Å². The molecule has 0 spiro atoms. The van der Waals surface area contributed by atoms with E-state index >= 15 is 0 Å². The van der Waals surface area contributed by atoms with Crippen molar-refractivity contribution >= 4 is 16.3 Å². The Morgan fingerprint density at radius 1 is 0.532 bits per heavy atom. The molecule has 5 aromatic carbocycles. The first-order valence-corrected chi connectivity index (χ1v) is 16.7. The average Bonchev–Trinajstić information content (AvgIpc) is 3.30. The molecule has 1 heterocycles. The van der Waals surface area contributed by atoms with Crippen LogP contribution in [0.4, 0.5) is 0 Å². The molecule has 0 aliphatic heterocycles. The minimum Gasteiger partial charge on any atom is -0.209 e. The van der Waals surface area contributed by atoms with Crippen molar-refractivity contribution in [3.05, 3.63) is 144 Å². The summed E-state index contributed by atoms with van der Waals surface area (Å²) in [5.41, 5.74) is 10.9. The molecule has 2 aliphatic rings. The molecule has 0 radical (unpaired) electrons. The third kappa shape index (κ3) is 5.30. The zero-order valence-electron chi connectivity index (χ0n) is 27.6. The average molecular weight is 610 g/mol. The Morgan fingerprint density at radius 2 is 1.26 bits per heavy atom. The molecule has 0 N–H and O–H groups in total. The lowest BCUT2D eigenvalue weighted by atomic mass is 9.82. The number of nitrogens with zero attached hydrogens (tertiary/aromatic N) is 3. The number of aromatic nitrogens is 3. The van der Waals surface area contributed by atoms with Crippen LogP contribution in [-0.4, -0.2) is 15.0 Å². The summed E-state index contributed by atoms with van der Waals surface area (Å²) in [7, 11) is 0. The van der Waals surface area contributed by atoms with Gasteiger partial charge in [0.05, 0.1) is 0 Å². The summed E-state index contributed by atoms with van der Waals surface area (Å²) < 4.78 is 0. The number of allylic oxidation sites excluding steroid dienone is 4. The molecule has 0 saturated carbocycles. The zero-order chi connectivity index (χ0) is 32.2. The maximum atomic E-state index is 5.25. The van der Waals surface area contributed by atoms with Gasteiger partial charge in [0.15, 0.2) is 17.5 Å². The van der Waals surface area contributed by atoms with Crippen molar-refractivity contribution in [3.8, 4) is 45.0 Å². The van der Waals surface area contributed by atoms with Gasteiger partial charge in [0.25, 0.3) is 0 Å². The van der Waals surface area contributed by atoms with Crippen LogP contribution >= 0.6 is 0 Å². The van der Waals surface area contributed by atoms with Crippen molar-refractivity contribution in [2.75, 3.05) is 0 Å². The molecule has 2 aliphatic carbocycles. The van der Waals surface area contributed by atoms with Crippen LogP contribution < -0.4 is 0 Å². The van der Waals surface area contributed by atoms with Crippen LogP contribution in [-0.2, 0) is 10.8 Å². The van der Waals surface area contributed by atoms with E-state index in [0.29, 0.717) is 5.82 Å². The zero-order valence-corrected chi connectivity index (χ0v) is 27.6. The van der Waals surface area contributed by atoms with Gasteiger partial charge in [0.1, 0.15) is 0 Å². The Kier molecular flexibility index (Phi) is 7.02. The van der Waals surface area contributed by atoms with Crippen LogP contribution in [0, 0.1) is 0 Å². The maximum absolute atomic E-state index is 5.25. The predicted octanol–water partition coefficient (Wildman–Crippen LogP) is 11.4. The Bertz CT molecular complexity index is 2210. The fourth-order valence-electron chi connectivity index (χ4n) is 7.93. The SMILES string of the molecule is CC1(C)CC(C)(C)c2cc(-c3nc(C4=CC=CCC4)nc(-c4ccc(-c5cccc6ccccc56)cc4-c4ccccc4)n3)ccc21. The van der Waals surface area contributed by atoms with Crippen molar-refractivity contribution in [1.82, 2.24) is 15.0 Å². The first-order valence-electron chi connectivity index (χ1n) is 16.7. The van der Waals surface area contributed by atoms with Crippen molar-refractivity contribution in [3.63, 3.8) is 0 Å². The van der Waals surface area contributed by atoms with E-state index in [1.165, 1.54) is 33.0 Å². The maximum Gasteiger partial charge on any atom is 0.164 e. The van der Waals surface area contributed by atoms with Crippen LogP contribution in [0.25, 0.3) is 61.4 Å². The van der Waals surface area contributed by atoms with Crippen molar-refractivity contribution in [2.24, 2.45) is 0 Å². The second-order valence-electron chi connectivity index (χ2n) is 14.3. The van der Waals surface area contributed by atoms with Crippen molar-refractivity contribution in [2.45, 2.75) is 57.8 Å². The number of benzene rings is 5. The molecule has 3 heteroatoms. The summed E-state index contributed by atoms with van der Waals surface area (Å²) in [6.07, 6.45) is 9.50. The van der Waals surface area contributed by atoms with Gasteiger partial charge in [0, 0.05) is 11.1 Å². The van der Waals surface area contributed by atoms with Gasteiger partial charge in [-0.3, -0.25) is 0 Å². The number of hydrogen-bond donors (Lipinski definition) is 0. The smallest absolute Gasteiger partial charge is 0.164 e. The first kappa shape index (κ1) is 29.3. The van der Waals surface area contributed by atoms with Gasteiger partial charge >= 0.3 is 0 Å². The van der Waals surface area contributed by atoms with Crippen LogP contribution in [0.15, 0.2) is 127 Å². The van der Waals surface area contributed by atoms with Gasteiger partial charge < -0.3 is 0 Å². The largest absolute Gasteiger partial charge is 0.209 e. The normalized spacial score (nSPS) is 16.2. The van der Waals surface area contributed by atoms with Gasteiger partial charge in [-0.25, -0.2) is 15.0 Å². The standard InChI is InChI=1S/C44H39N3/c1-43(2)28-44(3,4)39-27-33(23-25-38(39)43)41-45-40(31-17-9-6-10-18-31)46-42(47-41)36-24-22-32(26-37(36)30-14-7-5-8-15-30)35-21-13-19-29-16-11-12-20-34(29)35/h5-9,11-17,19-27H,10,18,28H2,1-4H3. The lowest BCUT2D eigenvalue weighted by Gasteiger charge is -2.22. The topological polar surface area (TPSA) is 38.7 Å². The third-order valence-corrected chi connectivity index (χ3v) is 10.0. The van der Waals surface area contributed by atoms with Crippen molar-refractivity contribution < 1.29 is 0 Å². The predicted molar refractivity (Wildman–Crippen MR) is 196 cm³/mol. The molecular weight excluding hydrogens is 571 g/mol. The molecule has 0 bridgehead atoms. The highest BCUT2D eigenvalue weighted by molar-refractivity contribution is 5.98. The monoisotopic (exact) mass is 609 g/mol. The van der Waals surface area contributed by atoms with E-state index in [9.17, 15) is 0 Å². The van der Waals surface area contributed by atoms with E-state index in [1.807, 2.05) is 0 Å². The summed E-state index contributed by atoms with van der Waals surface area (Å²) in [6.45, 7) is 9.43. The highest BCUT2D eigenvalue weighted by atomic mass is 15.0. The fraction of sp³-hybridized carbons (Fsp3) is 0.205. The Morgan fingerprint density at radius 3 is 2.09 bits per heavy atom. The van der Waals surface area contributed by atoms with E-state index in [1.54, 1.807) is 0 Å². The van der Waals surface area contributed by atoms with Crippen LogP contribution in [0.1, 0.15) is 63.9 Å². The summed E-state index contributed by atoms with van der Waals surface area (Å²) in [6, 6.07) is 39.3. The third-order valence-electron chi connectivity index (χ3n) is 10.0. The highest BCUT2D eigenvalue weighted by Gasteiger charge is 2.41. The van der Waals surface area contributed by atoms with Gasteiger partial charge in [0.2, 0.25) is 0 Å². The Labute approximate surface area is 277 Å². The highest BCUT2D eigenvalue weighted by Crippen LogP contribution is 2.50. The van der Waals surface area contributed by atoms with Gasteiger partial charge in [-0.05, 0) is 98.0 Å². The summed E-state index contributed by atoms with van der Waals surface area (Å²) >= 11 is 0. The number of hydrogen-bond acceptors (Lipinski definition) is 3. The minimum atomic E-state index is 0.0855. The van der Waals surface area contributed by atoms with E-state index in [-0.39, 0.29) is 10.8 Å². The molecule has 1 aromatic heterocycles. The van der Waals surface area contributed by atoms with E-state index in [4.69, 9.17) is 15.0 Å². The molecule has 0 unspecified atom stereocenters. The minimum absolute atomic E-state index is 0.0855. The van der Waals surface area contributed by atoms with E-state index in [2.05, 4.69) is 155 Å². The second kappa shape index (κ2) is 11.3. The lowest BCUT2D eigenvalue weighted by Crippen LogP contribution is -2.17.